The quantitative estimate of drug-likeness (QED) is 0.664. The van der Waals surface area contributed by atoms with Gasteiger partial charge in [0.25, 0.3) is 0 Å². The molecule has 3 N–H and O–H groups in total. The normalized spacial score (nSPS) is 12.5. The summed E-state index contributed by atoms with van der Waals surface area (Å²) in [4.78, 5) is 0. The minimum atomic E-state index is 0.0115. The van der Waals surface area contributed by atoms with E-state index in [9.17, 15) is 0 Å². The fourth-order valence-corrected chi connectivity index (χ4v) is 2.72. The van der Waals surface area contributed by atoms with Crippen molar-refractivity contribution in [1.82, 2.24) is 5.43 Å². The zero-order valence-electron chi connectivity index (χ0n) is 11.5. The third kappa shape index (κ3) is 3.06. The molecule has 0 heterocycles. The van der Waals surface area contributed by atoms with Gasteiger partial charge in [-0.05, 0) is 55.2 Å². The van der Waals surface area contributed by atoms with Crippen molar-refractivity contribution in [3.63, 3.8) is 0 Å². The first-order valence-electron chi connectivity index (χ1n) is 6.32. The smallest absolute Gasteiger partial charge is 0.0715 e. The number of aryl methyl sites for hydroxylation is 3. The van der Waals surface area contributed by atoms with Crippen molar-refractivity contribution < 1.29 is 0 Å². The highest BCUT2D eigenvalue weighted by atomic mass is 79.9. The van der Waals surface area contributed by atoms with E-state index in [4.69, 9.17) is 5.84 Å². The van der Waals surface area contributed by atoms with Crippen LogP contribution in [-0.4, -0.2) is 0 Å². The molecule has 0 aliphatic heterocycles. The van der Waals surface area contributed by atoms with Crippen LogP contribution >= 0.6 is 15.9 Å². The number of hydrazine groups is 1. The van der Waals surface area contributed by atoms with E-state index in [1.165, 1.54) is 27.8 Å². The average Bonchev–Trinajstić information content (AvgIpc) is 2.38. The van der Waals surface area contributed by atoms with E-state index in [-0.39, 0.29) is 6.04 Å². The maximum atomic E-state index is 5.81. The summed E-state index contributed by atoms with van der Waals surface area (Å²) in [5, 5.41) is 0. The lowest BCUT2D eigenvalue weighted by Crippen LogP contribution is -2.30. The lowest BCUT2D eigenvalue weighted by Gasteiger charge is -2.21. The molecule has 2 aromatic rings. The van der Waals surface area contributed by atoms with Gasteiger partial charge in [-0.25, -0.2) is 5.43 Å². The molecule has 0 radical (unpaired) electrons. The van der Waals surface area contributed by atoms with E-state index in [0.29, 0.717) is 0 Å². The van der Waals surface area contributed by atoms with E-state index >= 15 is 0 Å². The fourth-order valence-electron chi connectivity index (χ4n) is 2.34. The highest BCUT2D eigenvalue weighted by molar-refractivity contribution is 9.10. The monoisotopic (exact) mass is 318 g/mol. The highest BCUT2D eigenvalue weighted by Crippen LogP contribution is 2.29. The zero-order valence-corrected chi connectivity index (χ0v) is 13.1. The van der Waals surface area contributed by atoms with Gasteiger partial charge < -0.3 is 0 Å². The molecule has 0 aliphatic carbocycles. The molecule has 0 bridgehead atoms. The van der Waals surface area contributed by atoms with Crippen molar-refractivity contribution in [3.05, 3.63) is 68.7 Å². The predicted molar refractivity (Wildman–Crippen MR) is 84.0 cm³/mol. The van der Waals surface area contributed by atoms with Crippen molar-refractivity contribution in [1.29, 1.82) is 0 Å². The second-order valence-corrected chi connectivity index (χ2v) is 5.88. The van der Waals surface area contributed by atoms with E-state index in [0.717, 1.165) is 4.47 Å². The number of benzene rings is 2. The number of nitrogens with two attached hydrogens (primary N) is 1. The molecule has 19 heavy (non-hydrogen) atoms. The first-order valence-corrected chi connectivity index (χ1v) is 7.11. The van der Waals surface area contributed by atoms with Gasteiger partial charge in [-0.3, -0.25) is 5.84 Å². The van der Waals surface area contributed by atoms with Gasteiger partial charge in [-0.1, -0.05) is 45.8 Å². The van der Waals surface area contributed by atoms with Gasteiger partial charge in [0, 0.05) is 4.47 Å². The van der Waals surface area contributed by atoms with Gasteiger partial charge in [0.05, 0.1) is 6.04 Å². The molecule has 0 saturated carbocycles. The van der Waals surface area contributed by atoms with Crippen LogP contribution in [-0.2, 0) is 0 Å². The van der Waals surface area contributed by atoms with E-state index in [2.05, 4.69) is 78.5 Å². The molecule has 0 saturated heterocycles. The average molecular weight is 319 g/mol. The summed E-state index contributed by atoms with van der Waals surface area (Å²) < 4.78 is 1.07. The molecule has 2 rings (SSSR count). The molecule has 0 aromatic heterocycles. The van der Waals surface area contributed by atoms with Gasteiger partial charge in [0.2, 0.25) is 0 Å². The minimum Gasteiger partial charge on any atom is -0.271 e. The number of halogens is 1. The van der Waals surface area contributed by atoms with Crippen molar-refractivity contribution >= 4 is 15.9 Å². The molecule has 100 valence electrons. The summed E-state index contributed by atoms with van der Waals surface area (Å²) >= 11 is 3.53. The molecule has 0 fully saturated rings. The Morgan fingerprint density at radius 2 is 1.53 bits per heavy atom. The molecule has 2 aromatic carbocycles. The molecule has 0 spiro atoms. The minimum absolute atomic E-state index is 0.0115. The molecule has 1 atom stereocenters. The van der Waals surface area contributed by atoms with Crippen LogP contribution in [0.15, 0.2) is 40.9 Å². The summed E-state index contributed by atoms with van der Waals surface area (Å²) in [6.45, 7) is 6.33. The van der Waals surface area contributed by atoms with E-state index in [1.807, 2.05) is 0 Å². The van der Waals surface area contributed by atoms with E-state index in [1.54, 1.807) is 0 Å². The first-order chi connectivity index (χ1) is 9.02. The van der Waals surface area contributed by atoms with Crippen molar-refractivity contribution in [2.75, 3.05) is 0 Å². The summed E-state index contributed by atoms with van der Waals surface area (Å²) in [5.41, 5.74) is 9.09. The molecule has 1 unspecified atom stereocenters. The van der Waals surface area contributed by atoms with Crippen LogP contribution < -0.4 is 11.3 Å². The number of nitrogens with one attached hydrogen (secondary N) is 1. The maximum Gasteiger partial charge on any atom is 0.0715 e. The topological polar surface area (TPSA) is 38.0 Å². The SMILES string of the molecule is Cc1ccc(C)c(C(NN)c2cc(Br)ccc2C)c1. The third-order valence-corrected chi connectivity index (χ3v) is 3.96. The summed E-state index contributed by atoms with van der Waals surface area (Å²) in [5.74, 6) is 5.81. The Kier molecular flexibility index (Phi) is 4.40. The second kappa shape index (κ2) is 5.87. The fraction of sp³-hybridized carbons (Fsp3) is 0.250. The van der Waals surface area contributed by atoms with Crippen LogP contribution in [0.1, 0.15) is 33.9 Å². The van der Waals surface area contributed by atoms with Gasteiger partial charge in [0.15, 0.2) is 0 Å². The first kappa shape index (κ1) is 14.3. The van der Waals surface area contributed by atoms with E-state index < -0.39 is 0 Å². The Bertz CT molecular complexity index is 542. The van der Waals surface area contributed by atoms with Gasteiger partial charge in [-0.15, -0.1) is 0 Å². The highest BCUT2D eigenvalue weighted by Gasteiger charge is 2.17. The lowest BCUT2D eigenvalue weighted by atomic mass is 9.91. The summed E-state index contributed by atoms with van der Waals surface area (Å²) in [6, 6.07) is 12.8. The summed E-state index contributed by atoms with van der Waals surface area (Å²) in [6.07, 6.45) is 0. The Balaban J connectivity index is 2.55. The van der Waals surface area contributed by atoms with Crippen LogP contribution in [0.5, 0.6) is 0 Å². The molecule has 3 heteroatoms. The van der Waals surface area contributed by atoms with Crippen molar-refractivity contribution in [2.24, 2.45) is 5.84 Å². The Labute approximate surface area is 123 Å². The van der Waals surface area contributed by atoms with Gasteiger partial charge >= 0.3 is 0 Å². The summed E-state index contributed by atoms with van der Waals surface area (Å²) in [7, 11) is 0. The standard InChI is InChI=1S/C16H19BrN2/c1-10-4-5-11(2)14(8-10)16(19-18)15-9-13(17)7-6-12(15)3/h4-9,16,19H,18H2,1-3H3. The molecular weight excluding hydrogens is 300 g/mol. The number of rotatable bonds is 3. The molecule has 2 nitrogen and oxygen atoms in total. The van der Waals surface area contributed by atoms with Crippen LogP contribution in [0, 0.1) is 20.8 Å². The van der Waals surface area contributed by atoms with Crippen molar-refractivity contribution in [2.45, 2.75) is 26.8 Å². The molecule has 0 amide bonds. The molecule has 0 aliphatic rings. The number of hydrogen-bond acceptors (Lipinski definition) is 2. The lowest BCUT2D eigenvalue weighted by molar-refractivity contribution is 0.630. The van der Waals surface area contributed by atoms with Crippen LogP contribution in [0.2, 0.25) is 0 Å². The Morgan fingerprint density at radius 3 is 2.16 bits per heavy atom. The van der Waals surface area contributed by atoms with Crippen LogP contribution in [0.25, 0.3) is 0 Å². The van der Waals surface area contributed by atoms with Crippen LogP contribution in [0.4, 0.5) is 0 Å². The maximum absolute atomic E-state index is 5.81. The number of hydrogen-bond donors (Lipinski definition) is 2. The zero-order chi connectivity index (χ0) is 14.0. The largest absolute Gasteiger partial charge is 0.271 e. The van der Waals surface area contributed by atoms with Gasteiger partial charge in [0.1, 0.15) is 0 Å². The molecular formula is C16H19BrN2. The van der Waals surface area contributed by atoms with Crippen LogP contribution in [0.3, 0.4) is 0 Å². The second-order valence-electron chi connectivity index (χ2n) is 4.96. The van der Waals surface area contributed by atoms with Gasteiger partial charge in [-0.2, -0.15) is 0 Å². The Hall–Kier alpha value is -1.16. The Morgan fingerprint density at radius 1 is 0.947 bits per heavy atom. The third-order valence-electron chi connectivity index (χ3n) is 3.46. The predicted octanol–water partition coefficient (Wildman–Crippen LogP) is 3.93. The van der Waals surface area contributed by atoms with Crippen molar-refractivity contribution in [3.8, 4) is 0 Å².